The van der Waals surface area contributed by atoms with Crippen LogP contribution < -0.4 is 4.74 Å². The monoisotopic (exact) mass is 362 g/mol. The molecule has 0 spiro atoms. The molecule has 0 saturated heterocycles. The van der Waals surface area contributed by atoms with Crippen molar-refractivity contribution in [2.75, 3.05) is 6.61 Å². The van der Waals surface area contributed by atoms with Crippen molar-refractivity contribution in [3.05, 3.63) is 57.1 Å². The van der Waals surface area contributed by atoms with Gasteiger partial charge in [-0.25, -0.2) is 0 Å². The maximum atomic E-state index is 10.8. The molecule has 6 nitrogen and oxygen atoms in total. The highest BCUT2D eigenvalue weighted by molar-refractivity contribution is 6.33. The van der Waals surface area contributed by atoms with Gasteiger partial charge in [-0.05, 0) is 48.2 Å². The molecule has 0 atom stereocenters. The van der Waals surface area contributed by atoms with Gasteiger partial charge in [0.25, 0.3) is 5.69 Å². The Kier molecular flexibility index (Phi) is 6.36. The van der Waals surface area contributed by atoms with Crippen molar-refractivity contribution in [2.24, 2.45) is 10.9 Å². The molecular weight excluding hydrogens is 344 g/mol. The fourth-order valence-electron chi connectivity index (χ4n) is 1.99. The number of hydrogen-bond acceptors (Lipinski definition) is 5. The van der Waals surface area contributed by atoms with Gasteiger partial charge in [-0.1, -0.05) is 25.4 Å². The Labute approximate surface area is 150 Å². The van der Waals surface area contributed by atoms with Crippen molar-refractivity contribution >= 4 is 29.2 Å². The second-order valence-electron chi connectivity index (χ2n) is 5.91. The molecule has 0 unspecified atom stereocenters. The number of phenols is 1. The number of nitrogens with zero attached hydrogens (tertiary/aromatic N) is 2. The number of aromatic hydroxyl groups is 1. The number of phenolic OH excluding ortho intramolecular Hbond substituents is 1. The summed E-state index contributed by atoms with van der Waals surface area (Å²) in [7, 11) is 0. The quantitative estimate of drug-likeness (QED) is 0.420. The number of ether oxygens (including phenoxy) is 1. The molecule has 2 rings (SSSR count). The molecule has 0 aliphatic heterocycles. The van der Waals surface area contributed by atoms with Crippen molar-refractivity contribution < 1.29 is 14.8 Å². The molecule has 0 aliphatic carbocycles. The van der Waals surface area contributed by atoms with Gasteiger partial charge in [0.15, 0.2) is 0 Å². The van der Waals surface area contributed by atoms with Crippen LogP contribution in [0.3, 0.4) is 0 Å². The lowest BCUT2D eigenvalue weighted by molar-refractivity contribution is -0.384. The summed E-state index contributed by atoms with van der Waals surface area (Å²) in [5, 5.41) is 20.5. The van der Waals surface area contributed by atoms with Crippen LogP contribution in [0.4, 0.5) is 11.4 Å². The maximum Gasteiger partial charge on any atom is 0.291 e. The molecule has 0 aliphatic rings. The van der Waals surface area contributed by atoms with Crippen molar-refractivity contribution in [3.63, 3.8) is 0 Å². The van der Waals surface area contributed by atoms with Crippen LogP contribution in [-0.4, -0.2) is 22.9 Å². The third kappa shape index (κ3) is 5.46. The maximum absolute atomic E-state index is 10.8. The molecule has 7 heteroatoms. The second-order valence-corrected chi connectivity index (χ2v) is 6.31. The van der Waals surface area contributed by atoms with Crippen LogP contribution in [0.2, 0.25) is 5.02 Å². The van der Waals surface area contributed by atoms with Gasteiger partial charge >= 0.3 is 0 Å². The number of nitro benzene ring substituents is 1. The molecule has 2 aromatic carbocycles. The zero-order valence-electron chi connectivity index (χ0n) is 14.0. The molecule has 0 saturated carbocycles. The van der Waals surface area contributed by atoms with Crippen LogP contribution >= 0.6 is 11.6 Å². The predicted molar refractivity (Wildman–Crippen MR) is 98.4 cm³/mol. The average molecular weight is 363 g/mol. The SMILES string of the molecule is CC(C)CCOc1ccc(C=Nc2cc(Cl)c([N+](=O)[O-])cc2O)cc1. The standard InChI is InChI=1S/C18H19ClN2O4/c1-12(2)7-8-25-14-5-3-13(4-6-14)11-20-16-9-15(19)17(21(23)24)10-18(16)22/h3-6,9-12,22H,7-8H2,1-2H3. The van der Waals surface area contributed by atoms with Crippen LogP contribution in [0.15, 0.2) is 41.4 Å². The Morgan fingerprint density at radius 2 is 2.00 bits per heavy atom. The summed E-state index contributed by atoms with van der Waals surface area (Å²) in [6.07, 6.45) is 2.53. The van der Waals surface area contributed by atoms with Crippen molar-refractivity contribution in [1.82, 2.24) is 0 Å². The van der Waals surface area contributed by atoms with Crippen LogP contribution in [0.5, 0.6) is 11.5 Å². The first-order valence-electron chi connectivity index (χ1n) is 7.80. The van der Waals surface area contributed by atoms with E-state index in [9.17, 15) is 15.2 Å². The molecule has 25 heavy (non-hydrogen) atoms. The first-order chi connectivity index (χ1) is 11.9. The number of nitro groups is 1. The summed E-state index contributed by atoms with van der Waals surface area (Å²) >= 11 is 5.83. The zero-order valence-corrected chi connectivity index (χ0v) is 14.7. The minimum Gasteiger partial charge on any atom is -0.505 e. The Balaban J connectivity index is 2.07. The Morgan fingerprint density at radius 3 is 2.60 bits per heavy atom. The molecule has 0 radical (unpaired) electrons. The number of hydrogen-bond donors (Lipinski definition) is 1. The number of halogens is 1. The molecule has 132 valence electrons. The second kappa shape index (κ2) is 8.48. The highest BCUT2D eigenvalue weighted by Crippen LogP contribution is 2.36. The van der Waals surface area contributed by atoms with Crippen molar-refractivity contribution in [1.29, 1.82) is 0 Å². The Morgan fingerprint density at radius 1 is 1.32 bits per heavy atom. The van der Waals surface area contributed by atoms with Gasteiger partial charge in [-0.15, -0.1) is 0 Å². The van der Waals surface area contributed by atoms with Gasteiger partial charge < -0.3 is 9.84 Å². The Bertz CT molecular complexity index is 773. The summed E-state index contributed by atoms with van der Waals surface area (Å²) in [5.41, 5.74) is 0.596. The minimum atomic E-state index is -0.659. The third-order valence-corrected chi connectivity index (χ3v) is 3.74. The molecule has 0 heterocycles. The van der Waals surface area contributed by atoms with Gasteiger partial charge in [0.1, 0.15) is 22.2 Å². The van der Waals surface area contributed by atoms with E-state index < -0.39 is 4.92 Å². The van der Waals surface area contributed by atoms with Crippen LogP contribution in [0.25, 0.3) is 0 Å². The summed E-state index contributed by atoms with van der Waals surface area (Å²) in [5.74, 6) is 1.06. The lowest BCUT2D eigenvalue weighted by Crippen LogP contribution is -2.01. The van der Waals surface area contributed by atoms with E-state index in [2.05, 4.69) is 18.8 Å². The topological polar surface area (TPSA) is 85.0 Å². The number of benzene rings is 2. The van der Waals surface area contributed by atoms with Crippen molar-refractivity contribution in [2.45, 2.75) is 20.3 Å². The molecule has 1 N–H and O–H groups in total. The van der Waals surface area contributed by atoms with E-state index in [-0.39, 0.29) is 22.1 Å². The highest BCUT2D eigenvalue weighted by Gasteiger charge is 2.16. The largest absolute Gasteiger partial charge is 0.505 e. The van der Waals surface area contributed by atoms with Gasteiger partial charge in [0.2, 0.25) is 0 Å². The average Bonchev–Trinajstić information content (AvgIpc) is 2.56. The van der Waals surface area contributed by atoms with E-state index in [1.807, 2.05) is 24.3 Å². The normalized spacial score (nSPS) is 11.2. The summed E-state index contributed by atoms with van der Waals surface area (Å²) < 4.78 is 5.64. The van der Waals surface area contributed by atoms with Crippen LogP contribution in [0.1, 0.15) is 25.8 Å². The van der Waals surface area contributed by atoms with E-state index in [1.54, 1.807) is 0 Å². The summed E-state index contributed by atoms with van der Waals surface area (Å²) in [6.45, 7) is 4.95. The van der Waals surface area contributed by atoms with E-state index in [0.717, 1.165) is 23.8 Å². The van der Waals surface area contributed by atoms with Gasteiger partial charge in [0.05, 0.1) is 17.6 Å². The summed E-state index contributed by atoms with van der Waals surface area (Å²) in [4.78, 5) is 14.2. The number of rotatable bonds is 7. The lowest BCUT2D eigenvalue weighted by Gasteiger charge is -2.08. The molecule has 0 fully saturated rings. The number of aliphatic imine (C=N–C) groups is 1. The van der Waals surface area contributed by atoms with Gasteiger partial charge in [-0.3, -0.25) is 15.1 Å². The molecule has 0 bridgehead atoms. The highest BCUT2D eigenvalue weighted by atomic mass is 35.5. The third-order valence-electron chi connectivity index (χ3n) is 3.44. The fourth-order valence-corrected chi connectivity index (χ4v) is 2.22. The lowest BCUT2D eigenvalue weighted by atomic mass is 10.1. The van der Waals surface area contributed by atoms with E-state index >= 15 is 0 Å². The first kappa shape index (κ1) is 18.7. The molecule has 0 amide bonds. The predicted octanol–water partition coefficient (Wildman–Crippen LogP) is 5.13. The minimum absolute atomic E-state index is 0.0798. The van der Waals surface area contributed by atoms with Gasteiger partial charge in [-0.2, -0.15) is 0 Å². The van der Waals surface area contributed by atoms with Crippen molar-refractivity contribution in [3.8, 4) is 11.5 Å². The smallest absolute Gasteiger partial charge is 0.291 e. The first-order valence-corrected chi connectivity index (χ1v) is 8.18. The summed E-state index contributed by atoms with van der Waals surface area (Å²) in [6, 6.07) is 9.58. The van der Waals surface area contributed by atoms with E-state index in [0.29, 0.717) is 12.5 Å². The van der Waals surface area contributed by atoms with Crippen LogP contribution in [0, 0.1) is 16.0 Å². The fraction of sp³-hybridized carbons (Fsp3) is 0.278. The Hall–Kier alpha value is -2.60. The van der Waals surface area contributed by atoms with E-state index in [1.165, 1.54) is 12.3 Å². The molecule has 2 aromatic rings. The van der Waals surface area contributed by atoms with Crippen LogP contribution in [-0.2, 0) is 0 Å². The van der Waals surface area contributed by atoms with Gasteiger partial charge in [0, 0.05) is 6.21 Å². The zero-order chi connectivity index (χ0) is 18.4. The molecular formula is C18H19ClN2O4. The molecule has 0 aromatic heterocycles. The van der Waals surface area contributed by atoms with E-state index in [4.69, 9.17) is 16.3 Å².